The van der Waals surface area contributed by atoms with Crippen molar-refractivity contribution < 1.29 is 0 Å². The second kappa shape index (κ2) is 8.05. The lowest BCUT2D eigenvalue weighted by Crippen LogP contribution is -2.16. The lowest BCUT2D eigenvalue weighted by atomic mass is 10.1. The number of nitrogens with two attached hydrogens (primary N) is 1. The minimum atomic E-state index is 0.445. The van der Waals surface area contributed by atoms with Gasteiger partial charge in [-0.1, -0.05) is 25.2 Å². The lowest BCUT2D eigenvalue weighted by Gasteiger charge is -2.14. The van der Waals surface area contributed by atoms with Crippen molar-refractivity contribution in [3.05, 3.63) is 42.2 Å². The van der Waals surface area contributed by atoms with E-state index in [2.05, 4.69) is 23.4 Å². The first-order valence-corrected chi connectivity index (χ1v) is 8.38. The van der Waals surface area contributed by atoms with E-state index in [9.17, 15) is 0 Å². The van der Waals surface area contributed by atoms with Crippen LogP contribution in [-0.2, 0) is 6.54 Å². The minimum Gasteiger partial charge on any atom is -0.389 e. The number of aryl methyl sites for hydroxylation is 1. The summed E-state index contributed by atoms with van der Waals surface area (Å²) in [7, 11) is 0. The molecule has 0 fully saturated rings. The third kappa shape index (κ3) is 4.47. The molecule has 0 atom stereocenters. The molecule has 2 aromatic rings. The van der Waals surface area contributed by atoms with Crippen LogP contribution in [0, 0.1) is 0 Å². The molecule has 4 nitrogen and oxygen atoms in total. The zero-order valence-corrected chi connectivity index (χ0v) is 13.7. The summed E-state index contributed by atoms with van der Waals surface area (Å²) in [5.74, 6) is 0.998. The quantitative estimate of drug-likeness (QED) is 0.444. The molecule has 21 heavy (non-hydrogen) atoms. The highest BCUT2D eigenvalue weighted by Gasteiger charge is 2.10. The molecule has 0 spiro atoms. The highest BCUT2D eigenvalue weighted by Crippen LogP contribution is 2.28. The molecule has 112 valence electrons. The maximum atomic E-state index is 5.89. The Balaban J connectivity index is 1.98. The Kier molecular flexibility index (Phi) is 6.07. The lowest BCUT2D eigenvalue weighted by molar-refractivity contribution is 0.592. The van der Waals surface area contributed by atoms with Crippen molar-refractivity contribution in [1.82, 2.24) is 9.78 Å². The van der Waals surface area contributed by atoms with Crippen LogP contribution < -0.4 is 11.1 Å². The van der Waals surface area contributed by atoms with E-state index in [0.29, 0.717) is 4.99 Å². The summed E-state index contributed by atoms with van der Waals surface area (Å²) < 4.78 is 1.93. The van der Waals surface area contributed by atoms with Gasteiger partial charge in [0, 0.05) is 41.6 Å². The van der Waals surface area contributed by atoms with E-state index in [-0.39, 0.29) is 0 Å². The average Bonchev–Trinajstić information content (AvgIpc) is 2.97. The van der Waals surface area contributed by atoms with Crippen LogP contribution in [0.5, 0.6) is 0 Å². The van der Waals surface area contributed by atoms with Gasteiger partial charge in [-0.2, -0.15) is 5.10 Å². The van der Waals surface area contributed by atoms with Gasteiger partial charge in [-0.25, -0.2) is 0 Å². The average molecular weight is 320 g/mol. The second-order valence-electron chi connectivity index (χ2n) is 4.53. The fourth-order valence-electron chi connectivity index (χ4n) is 2.11. The minimum absolute atomic E-state index is 0.445. The van der Waals surface area contributed by atoms with Crippen molar-refractivity contribution in [2.75, 3.05) is 17.6 Å². The van der Waals surface area contributed by atoms with Crippen LogP contribution in [0.15, 0.2) is 41.6 Å². The van der Waals surface area contributed by atoms with E-state index < -0.39 is 0 Å². The molecule has 0 aliphatic carbocycles. The molecule has 0 amide bonds. The number of hydrogen-bond acceptors (Lipinski definition) is 4. The van der Waals surface area contributed by atoms with Gasteiger partial charge in [-0.3, -0.25) is 4.68 Å². The normalized spacial score (nSPS) is 10.5. The molecule has 1 aromatic heterocycles. The third-order valence-electron chi connectivity index (χ3n) is 3.01. The number of thioether (sulfide) groups is 1. The molecule has 0 saturated carbocycles. The molecule has 0 aliphatic heterocycles. The summed E-state index contributed by atoms with van der Waals surface area (Å²) in [6.45, 7) is 3.87. The van der Waals surface area contributed by atoms with Gasteiger partial charge in [0.1, 0.15) is 4.99 Å². The summed E-state index contributed by atoms with van der Waals surface area (Å²) in [4.78, 5) is 1.59. The van der Waals surface area contributed by atoms with Gasteiger partial charge in [0.25, 0.3) is 0 Å². The predicted octanol–water partition coefficient (Wildman–Crippen LogP) is 3.13. The van der Waals surface area contributed by atoms with Crippen LogP contribution in [0.3, 0.4) is 0 Å². The van der Waals surface area contributed by atoms with Crippen molar-refractivity contribution in [2.24, 2.45) is 5.73 Å². The summed E-state index contributed by atoms with van der Waals surface area (Å²) in [6.07, 6.45) is 4.76. The molecule has 0 saturated heterocycles. The van der Waals surface area contributed by atoms with E-state index in [1.54, 1.807) is 18.0 Å². The van der Waals surface area contributed by atoms with Crippen LogP contribution in [0.25, 0.3) is 0 Å². The van der Waals surface area contributed by atoms with Crippen LogP contribution in [0.4, 0.5) is 5.69 Å². The maximum absolute atomic E-state index is 5.89. The summed E-state index contributed by atoms with van der Waals surface area (Å²) >= 11 is 6.97. The van der Waals surface area contributed by atoms with E-state index in [1.807, 2.05) is 29.1 Å². The number of benzene rings is 1. The van der Waals surface area contributed by atoms with E-state index >= 15 is 0 Å². The molecule has 0 radical (unpaired) electrons. The largest absolute Gasteiger partial charge is 0.389 e. The van der Waals surface area contributed by atoms with Gasteiger partial charge >= 0.3 is 0 Å². The molecule has 6 heteroatoms. The molecule has 2 rings (SSSR count). The molecule has 1 heterocycles. The van der Waals surface area contributed by atoms with E-state index in [0.717, 1.165) is 41.4 Å². The predicted molar refractivity (Wildman–Crippen MR) is 94.1 cm³/mol. The Morgan fingerprint density at radius 1 is 1.43 bits per heavy atom. The molecule has 1 aromatic carbocycles. The fraction of sp³-hybridized carbons (Fsp3) is 0.333. The Morgan fingerprint density at radius 3 is 2.95 bits per heavy atom. The van der Waals surface area contributed by atoms with Crippen LogP contribution in [0.2, 0.25) is 0 Å². The smallest absolute Gasteiger partial charge is 0.107 e. The molecule has 3 N–H and O–H groups in total. The van der Waals surface area contributed by atoms with Crippen molar-refractivity contribution in [1.29, 1.82) is 0 Å². The number of nitrogens with zero attached hydrogens (tertiary/aromatic N) is 2. The zero-order valence-electron chi connectivity index (χ0n) is 12.1. The topological polar surface area (TPSA) is 55.9 Å². The number of nitrogens with one attached hydrogen (secondary N) is 1. The third-order valence-corrected chi connectivity index (χ3v) is 4.16. The highest BCUT2D eigenvalue weighted by molar-refractivity contribution is 7.99. The van der Waals surface area contributed by atoms with E-state index in [1.165, 1.54) is 0 Å². The molecule has 0 unspecified atom stereocenters. The number of rotatable bonds is 8. The highest BCUT2D eigenvalue weighted by atomic mass is 32.2. The summed E-state index contributed by atoms with van der Waals surface area (Å²) in [5, 5.41) is 7.62. The first-order chi connectivity index (χ1) is 10.2. The standard InChI is InChI=1S/C15H20N4S2/c1-2-21-13-7-3-6-12(14(13)15(16)20)17-8-4-10-19-11-5-9-18-19/h3,5-7,9,11,17H,2,4,8,10H2,1H3,(H2,16,20). The van der Waals surface area contributed by atoms with Gasteiger partial charge < -0.3 is 11.1 Å². The Labute approximate surface area is 135 Å². The first-order valence-electron chi connectivity index (χ1n) is 6.99. The molecular formula is C15H20N4S2. The molecular weight excluding hydrogens is 300 g/mol. The number of anilines is 1. The van der Waals surface area contributed by atoms with Crippen LogP contribution >= 0.6 is 24.0 Å². The second-order valence-corrected chi connectivity index (χ2v) is 6.27. The van der Waals surface area contributed by atoms with Crippen molar-refractivity contribution in [2.45, 2.75) is 24.8 Å². The van der Waals surface area contributed by atoms with Crippen LogP contribution in [0.1, 0.15) is 18.9 Å². The summed E-state index contributed by atoms with van der Waals surface area (Å²) in [5.41, 5.74) is 7.86. The Hall–Kier alpha value is -1.53. The monoisotopic (exact) mass is 320 g/mol. The maximum Gasteiger partial charge on any atom is 0.107 e. The van der Waals surface area contributed by atoms with Crippen molar-refractivity contribution >= 4 is 34.7 Å². The van der Waals surface area contributed by atoms with Gasteiger partial charge in [0.2, 0.25) is 0 Å². The SMILES string of the molecule is CCSc1cccc(NCCCn2cccn2)c1C(N)=S. The Bertz CT molecular complexity index is 581. The van der Waals surface area contributed by atoms with Gasteiger partial charge in [0.15, 0.2) is 0 Å². The summed E-state index contributed by atoms with van der Waals surface area (Å²) in [6, 6.07) is 8.07. The van der Waals surface area contributed by atoms with Crippen molar-refractivity contribution in [3.8, 4) is 0 Å². The van der Waals surface area contributed by atoms with Gasteiger partial charge in [-0.05, 0) is 30.4 Å². The number of aromatic nitrogens is 2. The number of hydrogen-bond donors (Lipinski definition) is 2. The van der Waals surface area contributed by atoms with Gasteiger partial charge in [0.05, 0.1) is 0 Å². The van der Waals surface area contributed by atoms with Crippen molar-refractivity contribution in [3.63, 3.8) is 0 Å². The molecule has 0 aliphatic rings. The van der Waals surface area contributed by atoms with Crippen LogP contribution in [-0.4, -0.2) is 27.1 Å². The van der Waals surface area contributed by atoms with Gasteiger partial charge in [-0.15, -0.1) is 11.8 Å². The fourth-order valence-corrected chi connectivity index (χ4v) is 3.24. The zero-order chi connectivity index (χ0) is 15.1. The molecule has 0 bridgehead atoms. The Morgan fingerprint density at radius 2 is 2.29 bits per heavy atom. The first kappa shape index (κ1) is 15.9. The number of thiocarbonyl (C=S) groups is 1. The van der Waals surface area contributed by atoms with E-state index in [4.69, 9.17) is 18.0 Å².